The molecule has 7 heteroatoms. The van der Waals surface area contributed by atoms with Gasteiger partial charge in [0.15, 0.2) is 0 Å². The van der Waals surface area contributed by atoms with Crippen LogP contribution in [0.5, 0.6) is 0 Å². The molecule has 0 radical (unpaired) electrons. The molecule has 2 amide bonds. The van der Waals surface area contributed by atoms with Crippen molar-refractivity contribution in [2.24, 2.45) is 0 Å². The van der Waals surface area contributed by atoms with Gasteiger partial charge in [-0.1, -0.05) is 6.07 Å². The van der Waals surface area contributed by atoms with E-state index in [9.17, 15) is 9.59 Å². The van der Waals surface area contributed by atoms with Gasteiger partial charge >= 0.3 is 0 Å². The largest absolute Gasteiger partial charge is 0.352 e. The van der Waals surface area contributed by atoms with Crippen LogP contribution < -0.4 is 5.32 Å². The number of hydrogen-bond donors (Lipinski definition) is 1. The highest BCUT2D eigenvalue weighted by Crippen LogP contribution is 2.31. The first kappa shape index (κ1) is 21.7. The van der Waals surface area contributed by atoms with Gasteiger partial charge in [-0.25, -0.2) is 0 Å². The average Bonchev–Trinajstić information content (AvgIpc) is 3.45. The summed E-state index contributed by atoms with van der Waals surface area (Å²) in [7, 11) is 0. The van der Waals surface area contributed by atoms with E-state index in [4.69, 9.17) is 4.98 Å². The van der Waals surface area contributed by atoms with Crippen molar-refractivity contribution in [3.8, 4) is 0 Å². The Morgan fingerprint density at radius 3 is 2.58 bits per heavy atom. The molecule has 1 aliphatic rings. The SMILES string of the molecule is Cc1ccc(C(=O)NCCc2cccs2)c(C2CCN(C(=O)c3sccc3C)CC2)n1. The minimum Gasteiger partial charge on any atom is -0.352 e. The summed E-state index contributed by atoms with van der Waals surface area (Å²) in [4.78, 5) is 34.5. The maximum atomic E-state index is 12.9. The van der Waals surface area contributed by atoms with Crippen molar-refractivity contribution in [1.29, 1.82) is 0 Å². The molecule has 0 aromatic carbocycles. The van der Waals surface area contributed by atoms with Gasteiger partial charge in [0.05, 0.1) is 16.1 Å². The van der Waals surface area contributed by atoms with Gasteiger partial charge in [-0.15, -0.1) is 22.7 Å². The maximum absolute atomic E-state index is 12.9. The fraction of sp³-hybridized carbons (Fsp3) is 0.375. The number of nitrogens with zero attached hydrogens (tertiary/aromatic N) is 2. The lowest BCUT2D eigenvalue weighted by Crippen LogP contribution is -2.38. The van der Waals surface area contributed by atoms with Crippen LogP contribution in [0.2, 0.25) is 0 Å². The van der Waals surface area contributed by atoms with E-state index in [-0.39, 0.29) is 17.7 Å². The number of amides is 2. The van der Waals surface area contributed by atoms with E-state index < -0.39 is 0 Å². The van der Waals surface area contributed by atoms with Crippen molar-refractivity contribution >= 4 is 34.5 Å². The minimum absolute atomic E-state index is 0.0632. The highest BCUT2D eigenvalue weighted by atomic mass is 32.1. The lowest BCUT2D eigenvalue weighted by atomic mass is 9.89. The Morgan fingerprint density at radius 1 is 1.10 bits per heavy atom. The third-order valence-electron chi connectivity index (χ3n) is 5.77. The lowest BCUT2D eigenvalue weighted by Gasteiger charge is -2.32. The summed E-state index contributed by atoms with van der Waals surface area (Å²) in [5.74, 6) is 0.243. The van der Waals surface area contributed by atoms with Crippen LogP contribution in [0.3, 0.4) is 0 Å². The first-order valence-electron chi connectivity index (χ1n) is 10.6. The number of likely N-dealkylation sites (tertiary alicyclic amines) is 1. The van der Waals surface area contributed by atoms with E-state index in [2.05, 4.69) is 16.8 Å². The van der Waals surface area contributed by atoms with E-state index in [1.54, 1.807) is 11.3 Å². The van der Waals surface area contributed by atoms with Gasteiger partial charge in [0.25, 0.3) is 11.8 Å². The van der Waals surface area contributed by atoms with Gasteiger partial charge in [0.1, 0.15) is 0 Å². The Hall–Kier alpha value is -2.51. The lowest BCUT2D eigenvalue weighted by molar-refractivity contribution is 0.0714. The molecule has 0 unspecified atom stereocenters. The van der Waals surface area contributed by atoms with Crippen molar-refractivity contribution in [1.82, 2.24) is 15.2 Å². The van der Waals surface area contributed by atoms with Crippen LogP contribution >= 0.6 is 22.7 Å². The van der Waals surface area contributed by atoms with E-state index in [0.717, 1.165) is 41.1 Å². The zero-order chi connectivity index (χ0) is 21.8. The molecule has 162 valence electrons. The fourth-order valence-corrected chi connectivity index (χ4v) is 5.62. The molecular formula is C24H27N3O2S2. The smallest absolute Gasteiger partial charge is 0.264 e. The van der Waals surface area contributed by atoms with Crippen molar-refractivity contribution in [2.45, 2.75) is 39.0 Å². The monoisotopic (exact) mass is 453 g/mol. The molecule has 4 heterocycles. The van der Waals surface area contributed by atoms with Gasteiger partial charge in [0.2, 0.25) is 0 Å². The summed E-state index contributed by atoms with van der Waals surface area (Å²) >= 11 is 3.21. The number of carbonyl (C=O) groups is 2. The number of hydrogen-bond acceptors (Lipinski definition) is 5. The standard InChI is InChI=1S/C24H27N3O2S2/c1-16-10-15-31-22(16)24(29)27-12-8-18(9-13-27)21-20(6-5-17(2)26-21)23(28)25-11-7-19-4-3-14-30-19/h3-6,10,14-15,18H,7-9,11-13H2,1-2H3,(H,25,28). The number of rotatable bonds is 6. The molecule has 1 N–H and O–H groups in total. The highest BCUT2D eigenvalue weighted by Gasteiger charge is 2.29. The van der Waals surface area contributed by atoms with Crippen molar-refractivity contribution in [3.05, 3.63) is 73.4 Å². The molecule has 0 spiro atoms. The molecule has 0 atom stereocenters. The molecule has 0 aliphatic carbocycles. The molecule has 1 fully saturated rings. The Labute approximate surface area is 191 Å². The molecule has 1 aliphatic heterocycles. The summed E-state index contributed by atoms with van der Waals surface area (Å²) in [5, 5.41) is 7.07. The van der Waals surface area contributed by atoms with Crippen LogP contribution in [0.15, 0.2) is 41.1 Å². The van der Waals surface area contributed by atoms with E-state index >= 15 is 0 Å². The topological polar surface area (TPSA) is 62.3 Å². The molecule has 4 rings (SSSR count). The second kappa shape index (κ2) is 9.75. The fourth-order valence-electron chi connectivity index (χ4n) is 4.02. The van der Waals surface area contributed by atoms with Gasteiger partial charge in [-0.3, -0.25) is 14.6 Å². The van der Waals surface area contributed by atoms with Crippen LogP contribution in [0, 0.1) is 13.8 Å². The Balaban J connectivity index is 1.41. The number of piperidine rings is 1. The van der Waals surface area contributed by atoms with Gasteiger partial charge < -0.3 is 10.2 Å². The van der Waals surface area contributed by atoms with Gasteiger partial charge in [0, 0.05) is 36.1 Å². The first-order chi connectivity index (χ1) is 15.0. The third-order valence-corrected chi connectivity index (χ3v) is 7.71. The number of aryl methyl sites for hydroxylation is 2. The van der Waals surface area contributed by atoms with Crippen molar-refractivity contribution in [2.75, 3.05) is 19.6 Å². The quantitative estimate of drug-likeness (QED) is 0.582. The average molecular weight is 454 g/mol. The molecule has 5 nitrogen and oxygen atoms in total. The third kappa shape index (κ3) is 5.05. The first-order valence-corrected chi connectivity index (χ1v) is 12.4. The van der Waals surface area contributed by atoms with E-state index in [0.29, 0.717) is 25.2 Å². The number of carbonyl (C=O) groups excluding carboxylic acids is 2. The van der Waals surface area contributed by atoms with Crippen LogP contribution in [0.4, 0.5) is 0 Å². The van der Waals surface area contributed by atoms with E-state index in [1.807, 2.05) is 48.4 Å². The van der Waals surface area contributed by atoms with Crippen molar-refractivity contribution in [3.63, 3.8) is 0 Å². The maximum Gasteiger partial charge on any atom is 0.264 e. The normalized spacial score (nSPS) is 14.6. The molecule has 0 bridgehead atoms. The molecule has 3 aromatic rings. The second-order valence-corrected chi connectivity index (χ2v) is 9.92. The summed E-state index contributed by atoms with van der Waals surface area (Å²) in [6.45, 7) is 5.93. The van der Waals surface area contributed by atoms with Crippen LogP contribution in [-0.4, -0.2) is 41.3 Å². The van der Waals surface area contributed by atoms with E-state index in [1.165, 1.54) is 16.2 Å². The summed E-state index contributed by atoms with van der Waals surface area (Å²) in [5.41, 5.74) is 3.49. The zero-order valence-corrected chi connectivity index (χ0v) is 19.5. The summed E-state index contributed by atoms with van der Waals surface area (Å²) < 4.78 is 0. The molecular weight excluding hydrogens is 426 g/mol. The predicted molar refractivity (Wildman–Crippen MR) is 126 cm³/mol. The number of nitrogens with one attached hydrogen (secondary N) is 1. The van der Waals surface area contributed by atoms with Crippen LogP contribution in [-0.2, 0) is 6.42 Å². The van der Waals surface area contributed by atoms with Gasteiger partial charge in [-0.05, 0) is 73.7 Å². The number of pyridine rings is 1. The molecule has 31 heavy (non-hydrogen) atoms. The highest BCUT2D eigenvalue weighted by molar-refractivity contribution is 7.12. The van der Waals surface area contributed by atoms with Crippen LogP contribution in [0.1, 0.15) is 60.6 Å². The van der Waals surface area contributed by atoms with Crippen LogP contribution in [0.25, 0.3) is 0 Å². The predicted octanol–water partition coefficient (Wildman–Crippen LogP) is 4.81. The van der Waals surface area contributed by atoms with Crippen molar-refractivity contribution < 1.29 is 9.59 Å². The molecule has 1 saturated heterocycles. The number of aromatic nitrogens is 1. The zero-order valence-electron chi connectivity index (χ0n) is 17.9. The Morgan fingerprint density at radius 2 is 1.90 bits per heavy atom. The number of thiophene rings is 2. The second-order valence-electron chi connectivity index (χ2n) is 7.97. The Kier molecular flexibility index (Phi) is 6.83. The molecule has 3 aromatic heterocycles. The van der Waals surface area contributed by atoms with Gasteiger partial charge in [-0.2, -0.15) is 0 Å². The Bertz CT molecular complexity index is 1050. The molecule has 0 saturated carbocycles. The summed E-state index contributed by atoms with van der Waals surface area (Å²) in [6.07, 6.45) is 2.48. The summed E-state index contributed by atoms with van der Waals surface area (Å²) in [6, 6.07) is 9.90. The minimum atomic E-state index is -0.0632.